The number of rotatable bonds is 14. The number of aliphatic hydroxyl groups excluding tert-OH is 2. The zero-order valence-corrected chi connectivity index (χ0v) is 37.1. The molecule has 1 fully saturated rings. The Morgan fingerprint density at radius 2 is 1.77 bits per heavy atom. The van der Waals surface area contributed by atoms with Crippen LogP contribution >= 0.6 is 0 Å². The molecule has 8 bridgehead atoms. The summed E-state index contributed by atoms with van der Waals surface area (Å²) in [5.74, 6) is -1.57. The maximum atomic E-state index is 14.4. The molecule has 1 saturated heterocycles. The number of carbonyl (C=O) groups is 2. The van der Waals surface area contributed by atoms with Crippen molar-refractivity contribution >= 4 is 40.7 Å². The molecule has 0 radical (unpaired) electrons. The summed E-state index contributed by atoms with van der Waals surface area (Å²) in [7, 11) is 1.29. The molecule has 6 heterocycles. The maximum Gasteiger partial charge on any atom is 2.00 e. The van der Waals surface area contributed by atoms with Crippen molar-refractivity contribution in [3.63, 3.8) is 0 Å². The molecule has 16 heteroatoms. The third-order valence-corrected chi connectivity index (χ3v) is 11.7. The number of aromatic nitrogens is 1. The summed E-state index contributed by atoms with van der Waals surface area (Å²) in [5, 5.41) is 56.1. The first-order valence-corrected chi connectivity index (χ1v) is 20.5. The maximum absolute atomic E-state index is 14.4. The number of nitrogens with zero attached hydrogens (tertiary/aromatic N) is 5. The van der Waals surface area contributed by atoms with Crippen LogP contribution in [0.4, 0.5) is 5.82 Å². The Hall–Kier alpha value is -5.27. The number of amides is 1. The first-order valence-electron chi connectivity index (χ1n) is 20.5. The van der Waals surface area contributed by atoms with Gasteiger partial charge in [0.15, 0.2) is 0 Å². The van der Waals surface area contributed by atoms with Crippen LogP contribution in [-0.4, -0.2) is 89.6 Å². The minimum Gasteiger partial charge on any atom is -0.875 e. The molecule has 1 unspecified atom stereocenters. The second-order valence-corrected chi connectivity index (χ2v) is 15.6. The molecule has 5 atom stereocenters. The Morgan fingerprint density at radius 1 is 1.02 bits per heavy atom. The van der Waals surface area contributed by atoms with Crippen LogP contribution in [0.3, 0.4) is 0 Å². The Kier molecular flexibility index (Phi) is 15.7. The van der Waals surface area contributed by atoms with Crippen LogP contribution < -0.4 is 26.2 Å². The molecule has 5 N–H and O–H groups in total. The van der Waals surface area contributed by atoms with E-state index in [0.717, 1.165) is 17.8 Å². The topological polar surface area (TPSA) is 228 Å². The first-order chi connectivity index (χ1) is 28.8. The Morgan fingerprint density at radius 3 is 2.44 bits per heavy atom. The first kappa shape index (κ1) is 46.8. The van der Waals surface area contributed by atoms with Gasteiger partial charge in [0, 0.05) is 77.6 Å². The molecule has 1 aromatic rings. The van der Waals surface area contributed by atoms with E-state index >= 15 is 0 Å². The summed E-state index contributed by atoms with van der Waals surface area (Å²) in [5.41, 5.74) is 7.18. The molecule has 15 nitrogen and oxygen atoms in total. The van der Waals surface area contributed by atoms with Crippen molar-refractivity contribution in [2.24, 2.45) is 43.6 Å². The summed E-state index contributed by atoms with van der Waals surface area (Å²) in [4.78, 5) is 50.5. The zero-order chi connectivity index (χ0) is 43.2. The second kappa shape index (κ2) is 20.5. The van der Waals surface area contributed by atoms with Gasteiger partial charge in [0.05, 0.1) is 61.3 Å². The fourth-order valence-electron chi connectivity index (χ4n) is 8.32. The van der Waals surface area contributed by atoms with Crippen molar-refractivity contribution in [2.75, 3.05) is 38.7 Å². The fourth-order valence-corrected chi connectivity index (χ4v) is 8.32. The van der Waals surface area contributed by atoms with Gasteiger partial charge < -0.3 is 41.1 Å². The number of methoxy groups -OCH3 is 1. The molecule has 326 valence electrons. The quantitative estimate of drug-likeness (QED) is 0.0458. The third kappa shape index (κ3) is 10.3. The van der Waals surface area contributed by atoms with Crippen LogP contribution in [0.5, 0.6) is 0 Å². The van der Waals surface area contributed by atoms with Gasteiger partial charge in [0.1, 0.15) is 5.82 Å². The van der Waals surface area contributed by atoms with Crippen LogP contribution in [0.15, 0.2) is 125 Å². The smallest absolute Gasteiger partial charge is 0.875 e. The van der Waals surface area contributed by atoms with Crippen molar-refractivity contribution in [1.82, 2.24) is 15.6 Å². The molecular formula is C45H54N8O7Pd. The molecule has 5 aliphatic rings. The SMILES string of the molecule is CC[C@H]1C2=CC3=NC(=C(CC(=O)OC)C4=NC(=CC5=C(C)/C(=C(/C)[O-])C(=N5)C=C(N2)[C@@H]1C)[C@@H](C)[C@@H]4CCC(=O)NCC(O)CO)C(C([O-])=NCCNc1ccccn1)=C3C.[Pd+2]. The largest absolute Gasteiger partial charge is 2.00 e. The molecule has 0 aromatic carbocycles. The normalized spacial score (nSPS) is 23.6. The molecule has 1 amide bonds. The Labute approximate surface area is 370 Å². The van der Waals surface area contributed by atoms with Gasteiger partial charge in [-0.1, -0.05) is 33.8 Å². The van der Waals surface area contributed by atoms with E-state index in [2.05, 4.69) is 39.8 Å². The van der Waals surface area contributed by atoms with Crippen LogP contribution in [0.1, 0.15) is 67.2 Å². The third-order valence-electron chi connectivity index (χ3n) is 11.7. The average molecular weight is 925 g/mol. The fraction of sp³-hybridized carbons (Fsp3) is 0.444. The summed E-state index contributed by atoms with van der Waals surface area (Å²) in [6.07, 6.45) is 7.12. The van der Waals surface area contributed by atoms with E-state index in [0.29, 0.717) is 63.2 Å². The van der Waals surface area contributed by atoms with Crippen molar-refractivity contribution in [3.8, 4) is 0 Å². The summed E-state index contributed by atoms with van der Waals surface area (Å²) >= 11 is 0. The number of allylic oxidation sites excluding steroid dienone is 10. The predicted octanol–water partition coefficient (Wildman–Crippen LogP) is 3.09. The molecule has 5 aliphatic heterocycles. The molecular weight excluding hydrogens is 871 g/mol. The number of aliphatic hydroxyl groups is 2. The van der Waals surface area contributed by atoms with E-state index in [4.69, 9.17) is 19.7 Å². The Bertz CT molecular complexity index is 2260. The van der Waals surface area contributed by atoms with Gasteiger partial charge >= 0.3 is 26.4 Å². The van der Waals surface area contributed by atoms with Gasteiger partial charge in [-0.25, -0.2) is 15.0 Å². The number of anilines is 1. The van der Waals surface area contributed by atoms with E-state index in [1.165, 1.54) is 14.0 Å². The molecule has 61 heavy (non-hydrogen) atoms. The summed E-state index contributed by atoms with van der Waals surface area (Å²) < 4.78 is 5.22. The standard InChI is InChI=1S/C45H56N8O7.Pd/c1-8-29-23(2)32-20-37-41(27(6)55)25(4)34(51-37)18-33-24(3)30(12-13-39(57)49-21-28(56)22-54)43(52-33)31(17-40(58)60-7)44-42(26(5)35(53-44)19-36(29)50-32)45(59)48-16-15-47-38-11-9-10-14-46-38;/h9-11,14,18-20,23-24,28-30,50,54-56H,8,12-13,15-17,21-22H2,1-7H3,(H,46,47)(H,48,59)(H,49,57);/q;+2/p-2/b32-20?,33-18?,36-19?,41-27+,44-31?;/t23-,24+,28?,29-,30+;/m1./s1. The molecule has 0 aliphatic carbocycles. The van der Waals surface area contributed by atoms with Crippen molar-refractivity contribution in [1.29, 1.82) is 0 Å². The number of hydrogen-bond donors (Lipinski definition) is 5. The number of fused-ring (bicyclic) bond motifs is 5. The number of pyridine rings is 1. The van der Waals surface area contributed by atoms with Crippen molar-refractivity contribution in [2.45, 2.75) is 73.3 Å². The van der Waals surface area contributed by atoms with Crippen molar-refractivity contribution in [3.05, 3.63) is 105 Å². The molecule has 0 saturated carbocycles. The van der Waals surface area contributed by atoms with Gasteiger partial charge in [-0.3, -0.25) is 19.6 Å². The summed E-state index contributed by atoms with van der Waals surface area (Å²) in [6, 6.07) is 5.49. The minimum absolute atomic E-state index is 0. The van der Waals surface area contributed by atoms with E-state index < -0.39 is 30.5 Å². The zero-order valence-electron chi connectivity index (χ0n) is 35.6. The Balaban J connectivity index is 0.00000704. The van der Waals surface area contributed by atoms with Gasteiger partial charge in [-0.05, 0) is 79.7 Å². The van der Waals surface area contributed by atoms with Crippen LogP contribution in [0, 0.1) is 23.7 Å². The van der Waals surface area contributed by atoms with E-state index in [-0.39, 0.29) is 93.5 Å². The summed E-state index contributed by atoms with van der Waals surface area (Å²) in [6.45, 7) is 11.3. The number of nitrogens with one attached hydrogen (secondary N) is 3. The molecule has 0 spiro atoms. The van der Waals surface area contributed by atoms with Crippen LogP contribution in [0.2, 0.25) is 0 Å². The number of ether oxygens (including phenoxy) is 1. The minimum atomic E-state index is -1.10. The van der Waals surface area contributed by atoms with Gasteiger partial charge in [0.2, 0.25) is 5.91 Å². The van der Waals surface area contributed by atoms with Crippen LogP contribution in [-0.2, 0) is 34.7 Å². The molecule has 6 rings (SSSR count). The van der Waals surface area contributed by atoms with Gasteiger partial charge in [-0.2, -0.15) is 0 Å². The van der Waals surface area contributed by atoms with E-state index in [1.54, 1.807) is 6.20 Å². The number of hydrogen-bond acceptors (Lipinski definition) is 14. The van der Waals surface area contributed by atoms with E-state index in [1.807, 2.05) is 57.2 Å². The van der Waals surface area contributed by atoms with Gasteiger partial charge in [-0.15, -0.1) is 5.76 Å². The van der Waals surface area contributed by atoms with Crippen molar-refractivity contribution < 1.29 is 55.2 Å². The number of carbonyl (C=O) groups excluding carboxylic acids is 2. The monoisotopic (exact) mass is 924 g/mol. The number of aliphatic imine (C=N–C) groups is 4. The average Bonchev–Trinajstić information content (AvgIpc) is 3.92. The molecule has 1 aromatic heterocycles. The second-order valence-electron chi connectivity index (χ2n) is 15.6. The van der Waals surface area contributed by atoms with Gasteiger partial charge in [0.25, 0.3) is 0 Å². The van der Waals surface area contributed by atoms with E-state index in [9.17, 15) is 30.0 Å². The predicted molar refractivity (Wildman–Crippen MR) is 227 cm³/mol. The van der Waals surface area contributed by atoms with Crippen LogP contribution in [0.25, 0.3) is 0 Å². The number of esters is 1.